The number of carbonyl (C=O) groups is 1. The molecule has 0 saturated heterocycles. The third-order valence-electron chi connectivity index (χ3n) is 4.31. The molecule has 1 saturated carbocycles. The summed E-state index contributed by atoms with van der Waals surface area (Å²) in [4.78, 5) is 14.2. The summed E-state index contributed by atoms with van der Waals surface area (Å²) in [6.45, 7) is 0.943. The van der Waals surface area contributed by atoms with Crippen LogP contribution in [0.1, 0.15) is 25.7 Å². The molecule has 22 heavy (non-hydrogen) atoms. The van der Waals surface area contributed by atoms with Crippen molar-refractivity contribution in [1.82, 2.24) is 4.90 Å². The molecule has 0 aromatic heterocycles. The summed E-state index contributed by atoms with van der Waals surface area (Å²) in [5.74, 6) is 1.51. The van der Waals surface area contributed by atoms with Crippen molar-refractivity contribution < 1.29 is 14.3 Å². The highest BCUT2D eigenvalue weighted by Gasteiger charge is 2.39. The number of rotatable bonds is 3. The first-order chi connectivity index (χ1) is 10.1. The van der Waals surface area contributed by atoms with Gasteiger partial charge in [-0.1, -0.05) is 25.0 Å². The Balaban J connectivity index is 0.00000176. The van der Waals surface area contributed by atoms with E-state index in [4.69, 9.17) is 15.2 Å². The van der Waals surface area contributed by atoms with Crippen LogP contribution in [0.2, 0.25) is 0 Å². The standard InChI is InChI=1S/C16H22N2O3.ClH/c1-18(15(19)16(17)8-4-5-9-16)10-12-11-20-13-6-2-3-7-14(13)21-12;/h2-3,6-7,12H,4-5,8-11,17H2,1H3;1H. The van der Waals surface area contributed by atoms with Crippen LogP contribution in [-0.4, -0.2) is 42.6 Å². The Morgan fingerprint density at radius 1 is 1.32 bits per heavy atom. The number of nitrogens with zero attached hydrogens (tertiary/aromatic N) is 1. The Morgan fingerprint density at radius 3 is 2.64 bits per heavy atom. The lowest BCUT2D eigenvalue weighted by atomic mass is 9.97. The van der Waals surface area contributed by atoms with E-state index in [2.05, 4.69) is 0 Å². The third-order valence-corrected chi connectivity index (χ3v) is 4.31. The lowest BCUT2D eigenvalue weighted by Gasteiger charge is -2.33. The van der Waals surface area contributed by atoms with Crippen molar-refractivity contribution in [2.45, 2.75) is 37.3 Å². The molecule has 1 aliphatic heterocycles. The van der Waals surface area contributed by atoms with Crippen LogP contribution >= 0.6 is 12.4 Å². The first kappa shape index (κ1) is 16.9. The van der Waals surface area contributed by atoms with Gasteiger partial charge in [-0.25, -0.2) is 0 Å². The highest BCUT2D eigenvalue weighted by Crippen LogP contribution is 2.32. The lowest BCUT2D eigenvalue weighted by Crippen LogP contribution is -2.54. The van der Waals surface area contributed by atoms with Gasteiger partial charge < -0.3 is 20.1 Å². The molecular weight excluding hydrogens is 304 g/mol. The summed E-state index contributed by atoms with van der Waals surface area (Å²) < 4.78 is 11.6. The SMILES string of the molecule is CN(CC1COc2ccccc2O1)C(=O)C1(N)CCCC1.Cl. The van der Waals surface area contributed by atoms with Crippen LogP contribution in [0, 0.1) is 0 Å². The molecule has 2 N–H and O–H groups in total. The summed E-state index contributed by atoms with van der Waals surface area (Å²) in [5, 5.41) is 0. The molecule has 0 spiro atoms. The molecule has 0 radical (unpaired) electrons. The molecule has 0 bridgehead atoms. The van der Waals surface area contributed by atoms with E-state index in [1.807, 2.05) is 24.3 Å². The van der Waals surface area contributed by atoms with Gasteiger partial charge in [0.25, 0.3) is 0 Å². The largest absolute Gasteiger partial charge is 0.486 e. The predicted molar refractivity (Wildman–Crippen MR) is 86.6 cm³/mol. The van der Waals surface area contributed by atoms with Crippen LogP contribution in [0.4, 0.5) is 0 Å². The van der Waals surface area contributed by atoms with Crippen molar-refractivity contribution in [2.24, 2.45) is 5.73 Å². The third kappa shape index (κ3) is 3.31. The summed E-state index contributed by atoms with van der Waals surface area (Å²) >= 11 is 0. The van der Waals surface area contributed by atoms with Crippen molar-refractivity contribution in [3.63, 3.8) is 0 Å². The smallest absolute Gasteiger partial charge is 0.242 e. The number of amides is 1. The van der Waals surface area contributed by atoms with Crippen LogP contribution in [0.5, 0.6) is 11.5 Å². The minimum atomic E-state index is -0.678. The zero-order chi connectivity index (χ0) is 14.9. The molecule has 1 fully saturated rings. The molecule has 122 valence electrons. The van der Waals surface area contributed by atoms with Gasteiger partial charge in [-0.2, -0.15) is 0 Å². The van der Waals surface area contributed by atoms with Gasteiger partial charge in [-0.05, 0) is 25.0 Å². The Hall–Kier alpha value is -1.46. The monoisotopic (exact) mass is 326 g/mol. The van der Waals surface area contributed by atoms with Gasteiger partial charge in [-0.3, -0.25) is 4.79 Å². The van der Waals surface area contributed by atoms with Crippen molar-refractivity contribution >= 4 is 18.3 Å². The van der Waals surface area contributed by atoms with E-state index < -0.39 is 5.54 Å². The van der Waals surface area contributed by atoms with Gasteiger partial charge in [0.1, 0.15) is 6.61 Å². The number of hydrogen-bond donors (Lipinski definition) is 1. The van der Waals surface area contributed by atoms with Crippen LogP contribution in [0.15, 0.2) is 24.3 Å². The highest BCUT2D eigenvalue weighted by atomic mass is 35.5. The van der Waals surface area contributed by atoms with E-state index in [0.29, 0.717) is 13.2 Å². The first-order valence-corrected chi connectivity index (χ1v) is 7.51. The van der Waals surface area contributed by atoms with E-state index in [1.54, 1.807) is 11.9 Å². The Kier molecular flexibility index (Phi) is 5.19. The fourth-order valence-electron chi connectivity index (χ4n) is 3.14. The summed E-state index contributed by atoms with van der Waals surface area (Å²) in [7, 11) is 1.79. The second-order valence-electron chi connectivity index (χ2n) is 6.05. The number of nitrogens with two attached hydrogens (primary N) is 1. The first-order valence-electron chi connectivity index (χ1n) is 7.51. The zero-order valence-electron chi connectivity index (χ0n) is 12.8. The molecule has 1 heterocycles. The summed E-state index contributed by atoms with van der Waals surface area (Å²) in [6.07, 6.45) is 3.47. The molecule has 1 atom stereocenters. The minimum Gasteiger partial charge on any atom is -0.486 e. The Labute approximate surface area is 137 Å². The molecule has 1 aromatic rings. The van der Waals surface area contributed by atoms with Crippen molar-refractivity contribution in [3.05, 3.63) is 24.3 Å². The summed E-state index contributed by atoms with van der Waals surface area (Å²) in [5.41, 5.74) is 5.54. The van der Waals surface area contributed by atoms with Crippen LogP contribution < -0.4 is 15.2 Å². The Morgan fingerprint density at radius 2 is 1.95 bits per heavy atom. The van der Waals surface area contributed by atoms with Crippen LogP contribution in [-0.2, 0) is 4.79 Å². The highest BCUT2D eigenvalue weighted by molar-refractivity contribution is 5.86. The Bertz CT molecular complexity index is 532. The molecular formula is C16H23ClN2O3. The zero-order valence-corrected chi connectivity index (χ0v) is 13.6. The van der Waals surface area contributed by atoms with Gasteiger partial charge in [0.2, 0.25) is 5.91 Å². The van der Waals surface area contributed by atoms with E-state index in [9.17, 15) is 4.79 Å². The molecule has 6 heteroatoms. The number of ether oxygens (including phenoxy) is 2. The number of benzene rings is 1. The van der Waals surface area contributed by atoms with Crippen molar-refractivity contribution in [3.8, 4) is 11.5 Å². The molecule has 5 nitrogen and oxygen atoms in total. The van der Waals surface area contributed by atoms with Gasteiger partial charge >= 0.3 is 0 Å². The van der Waals surface area contributed by atoms with E-state index >= 15 is 0 Å². The van der Waals surface area contributed by atoms with Gasteiger partial charge in [-0.15, -0.1) is 12.4 Å². The second kappa shape index (κ2) is 6.75. The van der Waals surface area contributed by atoms with Gasteiger partial charge in [0, 0.05) is 7.05 Å². The van der Waals surface area contributed by atoms with Crippen LogP contribution in [0.3, 0.4) is 0 Å². The molecule has 1 unspecified atom stereocenters. The quantitative estimate of drug-likeness (QED) is 0.922. The topological polar surface area (TPSA) is 64.8 Å². The average Bonchev–Trinajstić information content (AvgIpc) is 2.94. The number of likely N-dealkylation sites (N-methyl/N-ethyl adjacent to an activating group) is 1. The maximum atomic E-state index is 12.5. The second-order valence-corrected chi connectivity index (χ2v) is 6.05. The average molecular weight is 327 g/mol. The molecule has 1 aliphatic carbocycles. The maximum Gasteiger partial charge on any atom is 0.242 e. The normalized spacial score (nSPS) is 21.8. The predicted octanol–water partition coefficient (Wildman–Crippen LogP) is 1.98. The lowest BCUT2D eigenvalue weighted by molar-refractivity contribution is -0.136. The fourth-order valence-corrected chi connectivity index (χ4v) is 3.14. The number of carbonyl (C=O) groups excluding carboxylic acids is 1. The summed E-state index contributed by atoms with van der Waals surface area (Å²) in [6, 6.07) is 7.59. The van der Waals surface area contributed by atoms with Crippen molar-refractivity contribution in [1.29, 1.82) is 0 Å². The van der Waals surface area contributed by atoms with Gasteiger partial charge in [0.15, 0.2) is 17.6 Å². The number of fused-ring (bicyclic) bond motifs is 1. The molecule has 3 rings (SSSR count). The fraction of sp³-hybridized carbons (Fsp3) is 0.562. The number of hydrogen-bond acceptors (Lipinski definition) is 4. The van der Waals surface area contributed by atoms with E-state index in [-0.39, 0.29) is 24.4 Å². The maximum absolute atomic E-state index is 12.5. The van der Waals surface area contributed by atoms with Crippen molar-refractivity contribution in [2.75, 3.05) is 20.2 Å². The van der Waals surface area contributed by atoms with Gasteiger partial charge in [0.05, 0.1) is 12.1 Å². The minimum absolute atomic E-state index is 0. The number of para-hydroxylation sites is 2. The van der Waals surface area contributed by atoms with E-state index in [0.717, 1.165) is 37.2 Å². The molecule has 2 aliphatic rings. The molecule has 1 aromatic carbocycles. The molecule has 1 amide bonds. The van der Waals surface area contributed by atoms with E-state index in [1.165, 1.54) is 0 Å². The van der Waals surface area contributed by atoms with Crippen LogP contribution in [0.25, 0.3) is 0 Å². The number of halogens is 1.